The maximum atomic E-state index is 5.79. The van der Waals surface area contributed by atoms with Crippen molar-refractivity contribution in [2.45, 2.75) is 76.5 Å². The minimum Gasteiger partial charge on any atom is -0.361 e. The molecule has 0 amide bonds. The summed E-state index contributed by atoms with van der Waals surface area (Å²) in [7, 11) is 0. The number of rotatable bonds is 6. The third-order valence-corrected chi connectivity index (χ3v) is 8.74. The minimum absolute atomic E-state index is 0.136. The maximum absolute atomic E-state index is 5.79. The number of piperidine rings is 2. The molecule has 2 saturated heterocycles. The molecular weight excluding hydrogens is 464 g/mol. The average molecular weight is 507 g/mol. The number of nitrogens with one attached hydrogen (secondary N) is 2. The summed E-state index contributed by atoms with van der Waals surface area (Å²) in [5.74, 6) is 3.45. The zero-order valence-corrected chi connectivity index (χ0v) is 22.7. The fourth-order valence-electron chi connectivity index (χ4n) is 6.15. The highest BCUT2D eigenvalue weighted by molar-refractivity contribution is 7.80. The number of aromatic nitrogens is 2. The smallest absolute Gasteiger partial charge is 0.232 e. The van der Waals surface area contributed by atoms with Crippen LogP contribution in [0.1, 0.15) is 76.7 Å². The van der Waals surface area contributed by atoms with E-state index in [0.717, 1.165) is 50.3 Å². The number of thiocarbonyl (C=S) groups is 1. The molecule has 194 valence electrons. The predicted molar refractivity (Wildman–Crippen MR) is 154 cm³/mol. The van der Waals surface area contributed by atoms with Gasteiger partial charge in [-0.05, 0) is 68.6 Å². The number of hydrogen-bond acceptors (Lipinski definition) is 5. The molecule has 6 nitrogen and oxygen atoms in total. The average Bonchev–Trinajstić information content (AvgIpc) is 2.94. The first-order chi connectivity index (χ1) is 17.6. The Morgan fingerprint density at radius 1 is 0.889 bits per heavy atom. The van der Waals surface area contributed by atoms with Gasteiger partial charge in [-0.15, -0.1) is 0 Å². The molecule has 1 aromatic carbocycles. The van der Waals surface area contributed by atoms with Crippen molar-refractivity contribution in [3.63, 3.8) is 0 Å². The van der Waals surface area contributed by atoms with Crippen molar-refractivity contribution in [3.05, 3.63) is 42.0 Å². The second kappa shape index (κ2) is 11.8. The maximum Gasteiger partial charge on any atom is 0.232 e. The molecule has 0 spiro atoms. The second-order valence-corrected chi connectivity index (χ2v) is 11.5. The lowest BCUT2D eigenvalue weighted by Crippen LogP contribution is -2.43. The minimum atomic E-state index is 0.136. The summed E-state index contributed by atoms with van der Waals surface area (Å²) in [5.41, 5.74) is 1.56. The van der Waals surface area contributed by atoms with Crippen LogP contribution >= 0.6 is 12.2 Å². The van der Waals surface area contributed by atoms with E-state index < -0.39 is 0 Å². The zero-order chi connectivity index (χ0) is 24.8. The fraction of sp³-hybridized carbons (Fsp3) is 0.621. The third kappa shape index (κ3) is 6.10. The third-order valence-electron chi connectivity index (χ3n) is 8.50. The van der Waals surface area contributed by atoms with Gasteiger partial charge in [0.25, 0.3) is 0 Å². The molecule has 0 radical (unpaired) electrons. The normalized spacial score (nSPS) is 20.7. The molecule has 0 atom stereocenters. The van der Waals surface area contributed by atoms with Crippen LogP contribution in [0.5, 0.6) is 0 Å². The van der Waals surface area contributed by atoms with Gasteiger partial charge in [-0.2, -0.15) is 9.97 Å². The van der Waals surface area contributed by atoms with E-state index in [1.165, 1.54) is 69.8 Å². The molecule has 3 heterocycles. The van der Waals surface area contributed by atoms with Gasteiger partial charge in [0.2, 0.25) is 5.95 Å². The van der Waals surface area contributed by atoms with Crippen LogP contribution in [0, 0.1) is 5.92 Å². The fourth-order valence-corrected chi connectivity index (χ4v) is 6.31. The summed E-state index contributed by atoms with van der Waals surface area (Å²) >= 11 is 5.79. The van der Waals surface area contributed by atoms with Gasteiger partial charge in [0.05, 0.1) is 0 Å². The Morgan fingerprint density at radius 3 is 2.17 bits per heavy atom. The van der Waals surface area contributed by atoms with Gasteiger partial charge in [-0.1, -0.05) is 56.5 Å². The number of hydrogen-bond donors (Lipinski definition) is 2. The van der Waals surface area contributed by atoms with Crippen molar-refractivity contribution in [1.29, 1.82) is 0 Å². The number of nitrogens with zero attached hydrogens (tertiary/aromatic N) is 4. The molecule has 2 aromatic rings. The van der Waals surface area contributed by atoms with Crippen LogP contribution in [0.25, 0.3) is 0 Å². The Kier molecular flexibility index (Phi) is 8.25. The molecule has 1 saturated carbocycles. The standard InChI is InChI=1S/C29H42N6S/c1-23-13-19-35(20-14-23)26-21-25(34-17-9-4-10-18-34)31-27(32-26)33-28(36)30-22-29(15-7-3-8-16-29)24-11-5-2-6-12-24/h2,5-6,11-12,21,23H,3-4,7-10,13-20,22H2,1H3,(H2,30,31,32,33,36). The van der Waals surface area contributed by atoms with Crippen LogP contribution in [0.2, 0.25) is 0 Å². The summed E-state index contributed by atoms with van der Waals surface area (Å²) in [4.78, 5) is 14.7. The van der Waals surface area contributed by atoms with Crippen LogP contribution in [-0.2, 0) is 5.41 Å². The summed E-state index contributed by atoms with van der Waals surface area (Å²) < 4.78 is 0. The first kappa shape index (κ1) is 25.2. The van der Waals surface area contributed by atoms with Crippen molar-refractivity contribution in [3.8, 4) is 0 Å². The quantitative estimate of drug-likeness (QED) is 0.474. The molecule has 2 N–H and O–H groups in total. The predicted octanol–water partition coefficient (Wildman–Crippen LogP) is 5.89. The monoisotopic (exact) mass is 506 g/mol. The molecule has 2 aliphatic heterocycles. The van der Waals surface area contributed by atoms with Gasteiger partial charge >= 0.3 is 0 Å². The van der Waals surface area contributed by atoms with Gasteiger partial charge in [0, 0.05) is 44.2 Å². The van der Waals surface area contributed by atoms with Crippen molar-refractivity contribution in [2.75, 3.05) is 47.8 Å². The molecule has 36 heavy (non-hydrogen) atoms. The van der Waals surface area contributed by atoms with E-state index in [1.54, 1.807) is 0 Å². The lowest BCUT2D eigenvalue weighted by Gasteiger charge is -2.38. The van der Waals surface area contributed by atoms with Crippen molar-refractivity contribution in [2.24, 2.45) is 5.92 Å². The Balaban J connectivity index is 1.31. The first-order valence-corrected chi connectivity index (χ1v) is 14.5. The second-order valence-electron chi connectivity index (χ2n) is 11.1. The van der Waals surface area contributed by atoms with Gasteiger partial charge in [0.1, 0.15) is 11.6 Å². The van der Waals surface area contributed by atoms with Crippen LogP contribution in [0.15, 0.2) is 36.4 Å². The van der Waals surface area contributed by atoms with Gasteiger partial charge in [0.15, 0.2) is 5.11 Å². The van der Waals surface area contributed by atoms with Crippen molar-refractivity contribution in [1.82, 2.24) is 15.3 Å². The Bertz CT molecular complexity index is 992. The Hall–Kier alpha value is -2.41. The highest BCUT2D eigenvalue weighted by Gasteiger charge is 2.34. The molecule has 5 rings (SSSR count). The van der Waals surface area contributed by atoms with Crippen LogP contribution in [0.4, 0.5) is 17.6 Å². The molecule has 0 unspecified atom stereocenters. The molecule has 3 fully saturated rings. The van der Waals surface area contributed by atoms with E-state index in [1.807, 2.05) is 0 Å². The number of anilines is 3. The van der Waals surface area contributed by atoms with E-state index in [-0.39, 0.29) is 5.41 Å². The molecule has 1 aliphatic carbocycles. The lowest BCUT2D eigenvalue weighted by atomic mass is 9.69. The van der Waals surface area contributed by atoms with Crippen LogP contribution < -0.4 is 20.4 Å². The molecule has 0 bridgehead atoms. The van der Waals surface area contributed by atoms with Crippen LogP contribution in [-0.4, -0.2) is 47.8 Å². The van der Waals surface area contributed by atoms with Crippen molar-refractivity contribution < 1.29 is 0 Å². The van der Waals surface area contributed by atoms with E-state index in [9.17, 15) is 0 Å². The SMILES string of the molecule is CC1CCN(c2cc(N3CCCCC3)nc(NC(=S)NCC3(c4ccccc4)CCCCC3)n2)CC1. The highest BCUT2D eigenvalue weighted by Crippen LogP contribution is 2.39. The molecule has 3 aliphatic rings. The van der Waals surface area contributed by atoms with E-state index in [0.29, 0.717) is 11.1 Å². The highest BCUT2D eigenvalue weighted by atomic mass is 32.1. The molecular formula is C29H42N6S. The summed E-state index contributed by atoms with van der Waals surface area (Å²) in [5, 5.41) is 7.54. The Morgan fingerprint density at radius 2 is 1.50 bits per heavy atom. The lowest BCUT2D eigenvalue weighted by molar-refractivity contribution is 0.292. The van der Waals surface area contributed by atoms with Crippen molar-refractivity contribution >= 4 is 34.9 Å². The Labute approximate surface area is 222 Å². The summed E-state index contributed by atoms with van der Waals surface area (Å²) in [6.45, 7) is 7.43. The van der Waals surface area contributed by atoms with Gasteiger partial charge in [-0.3, -0.25) is 0 Å². The first-order valence-electron chi connectivity index (χ1n) is 14.1. The topological polar surface area (TPSA) is 56.3 Å². The molecule has 1 aromatic heterocycles. The van der Waals surface area contributed by atoms with Gasteiger partial charge in [-0.25, -0.2) is 0 Å². The van der Waals surface area contributed by atoms with Crippen LogP contribution in [0.3, 0.4) is 0 Å². The summed E-state index contributed by atoms with van der Waals surface area (Å²) in [6.07, 6.45) is 12.5. The van der Waals surface area contributed by atoms with Gasteiger partial charge < -0.3 is 20.4 Å². The van der Waals surface area contributed by atoms with E-state index >= 15 is 0 Å². The largest absolute Gasteiger partial charge is 0.361 e. The molecule has 7 heteroatoms. The summed E-state index contributed by atoms with van der Waals surface area (Å²) in [6, 6.07) is 13.2. The van der Waals surface area contributed by atoms with E-state index in [4.69, 9.17) is 22.2 Å². The zero-order valence-electron chi connectivity index (χ0n) is 21.8. The number of benzene rings is 1. The van der Waals surface area contributed by atoms with E-state index in [2.05, 4.69) is 63.8 Å².